The van der Waals surface area contributed by atoms with Crippen molar-refractivity contribution in [1.82, 2.24) is 4.90 Å². The van der Waals surface area contributed by atoms with E-state index in [1.54, 1.807) is 47.9 Å². The van der Waals surface area contributed by atoms with Crippen LogP contribution < -0.4 is 5.32 Å². The number of esters is 1. The second-order valence-electron chi connectivity index (χ2n) is 4.00. The van der Waals surface area contributed by atoms with Gasteiger partial charge in [-0.05, 0) is 19.1 Å². The molecule has 0 aliphatic carbocycles. The summed E-state index contributed by atoms with van der Waals surface area (Å²) in [5.74, 6) is 1.22. The molecule has 5 nitrogen and oxygen atoms in total. The van der Waals surface area contributed by atoms with Crippen molar-refractivity contribution in [3.05, 3.63) is 29.8 Å². The number of nitrogens with zero attached hydrogens (tertiary/aromatic N) is 1. The molecule has 0 saturated carbocycles. The van der Waals surface area contributed by atoms with Gasteiger partial charge in [-0.1, -0.05) is 12.1 Å². The van der Waals surface area contributed by atoms with Gasteiger partial charge in [-0.2, -0.15) is 0 Å². The van der Waals surface area contributed by atoms with E-state index in [2.05, 4.69) is 5.32 Å². The summed E-state index contributed by atoms with van der Waals surface area (Å²) in [6.45, 7) is 2.79. The highest BCUT2D eigenvalue weighted by atomic mass is 32.2. The maximum Gasteiger partial charge on any atom is 0.340 e. The van der Waals surface area contributed by atoms with E-state index in [1.165, 1.54) is 0 Å². The van der Waals surface area contributed by atoms with Crippen molar-refractivity contribution in [2.24, 2.45) is 0 Å². The lowest BCUT2D eigenvalue weighted by molar-refractivity contribution is 0.0527. The average Bonchev–Trinajstić information content (AvgIpc) is 2.93. The molecule has 0 radical (unpaired) electrons. The van der Waals surface area contributed by atoms with Crippen molar-refractivity contribution in [2.75, 3.05) is 30.1 Å². The summed E-state index contributed by atoms with van der Waals surface area (Å²) >= 11 is 1.71. The number of ether oxygens (including phenoxy) is 1. The average molecular weight is 280 g/mol. The molecule has 0 unspecified atom stereocenters. The number of nitrogens with one attached hydrogen (secondary N) is 1. The van der Waals surface area contributed by atoms with Crippen molar-refractivity contribution >= 4 is 29.4 Å². The minimum Gasteiger partial charge on any atom is -0.462 e. The number of hydrogen-bond acceptors (Lipinski definition) is 4. The number of para-hydroxylation sites is 1. The van der Waals surface area contributed by atoms with E-state index in [9.17, 15) is 9.59 Å². The Balaban J connectivity index is 2.11. The summed E-state index contributed by atoms with van der Waals surface area (Å²) in [6, 6.07) is 6.69. The van der Waals surface area contributed by atoms with Gasteiger partial charge in [-0.3, -0.25) is 0 Å². The first-order valence-corrected chi connectivity index (χ1v) is 7.27. The maximum atomic E-state index is 12.0. The SMILES string of the molecule is CCOC(=O)c1ccccc1NC(=O)N1CCSC1. The van der Waals surface area contributed by atoms with Crippen LogP contribution in [0.4, 0.5) is 10.5 Å². The van der Waals surface area contributed by atoms with Crippen LogP contribution in [-0.2, 0) is 4.74 Å². The quantitative estimate of drug-likeness (QED) is 0.864. The number of urea groups is 1. The van der Waals surface area contributed by atoms with Gasteiger partial charge in [-0.15, -0.1) is 11.8 Å². The van der Waals surface area contributed by atoms with E-state index in [4.69, 9.17) is 4.74 Å². The summed E-state index contributed by atoms with van der Waals surface area (Å²) in [5.41, 5.74) is 0.868. The Kier molecular flexibility index (Phi) is 4.68. The summed E-state index contributed by atoms with van der Waals surface area (Å²) in [7, 11) is 0. The number of amides is 2. The van der Waals surface area contributed by atoms with Crippen molar-refractivity contribution < 1.29 is 14.3 Å². The van der Waals surface area contributed by atoms with Gasteiger partial charge in [-0.25, -0.2) is 9.59 Å². The van der Waals surface area contributed by atoms with Gasteiger partial charge in [0.2, 0.25) is 0 Å². The van der Waals surface area contributed by atoms with E-state index >= 15 is 0 Å². The first-order valence-electron chi connectivity index (χ1n) is 6.12. The van der Waals surface area contributed by atoms with Crippen LogP contribution in [0.15, 0.2) is 24.3 Å². The van der Waals surface area contributed by atoms with Crippen LogP contribution in [0.2, 0.25) is 0 Å². The lowest BCUT2D eigenvalue weighted by Gasteiger charge is -2.16. The fourth-order valence-corrected chi connectivity index (χ4v) is 2.69. The summed E-state index contributed by atoms with van der Waals surface area (Å²) in [4.78, 5) is 25.5. The second kappa shape index (κ2) is 6.47. The standard InChI is InChI=1S/C13H16N2O3S/c1-2-18-12(16)10-5-3-4-6-11(10)14-13(17)15-7-8-19-9-15/h3-6H,2,7-9H2,1H3,(H,14,17). The molecule has 1 aliphatic rings. The highest BCUT2D eigenvalue weighted by Crippen LogP contribution is 2.19. The molecule has 2 amide bonds. The fourth-order valence-electron chi connectivity index (χ4n) is 1.75. The number of carbonyl (C=O) groups is 2. The van der Waals surface area contributed by atoms with Gasteiger partial charge in [0.15, 0.2) is 0 Å². The predicted molar refractivity (Wildman–Crippen MR) is 75.4 cm³/mol. The molecule has 102 valence electrons. The summed E-state index contributed by atoms with van der Waals surface area (Å²) < 4.78 is 4.97. The van der Waals surface area contributed by atoms with Crippen LogP contribution in [0, 0.1) is 0 Å². The topological polar surface area (TPSA) is 58.6 Å². The van der Waals surface area contributed by atoms with Gasteiger partial charge in [0.05, 0.1) is 23.7 Å². The van der Waals surface area contributed by atoms with Crippen LogP contribution >= 0.6 is 11.8 Å². The van der Waals surface area contributed by atoms with E-state index in [0.29, 0.717) is 23.7 Å². The third kappa shape index (κ3) is 3.41. The molecular formula is C13H16N2O3S. The number of rotatable bonds is 3. The Morgan fingerprint density at radius 3 is 2.89 bits per heavy atom. The molecule has 1 aromatic carbocycles. The number of carbonyl (C=O) groups excluding carboxylic acids is 2. The number of anilines is 1. The van der Waals surface area contributed by atoms with Gasteiger partial charge >= 0.3 is 12.0 Å². The molecule has 0 spiro atoms. The van der Waals surface area contributed by atoms with Gasteiger partial charge < -0.3 is 15.0 Å². The molecule has 1 fully saturated rings. The molecule has 1 aromatic rings. The Morgan fingerprint density at radius 2 is 2.21 bits per heavy atom. The third-order valence-corrected chi connectivity index (χ3v) is 3.67. The van der Waals surface area contributed by atoms with Gasteiger partial charge in [0.25, 0.3) is 0 Å². The molecule has 0 aromatic heterocycles. The Hall–Kier alpha value is -1.69. The molecule has 1 aliphatic heterocycles. The smallest absolute Gasteiger partial charge is 0.340 e. The summed E-state index contributed by atoms with van der Waals surface area (Å²) in [5, 5.41) is 2.76. The van der Waals surface area contributed by atoms with E-state index in [-0.39, 0.29) is 6.03 Å². The molecule has 19 heavy (non-hydrogen) atoms. The summed E-state index contributed by atoms with van der Waals surface area (Å²) in [6.07, 6.45) is 0. The van der Waals surface area contributed by atoms with Gasteiger partial charge in [0, 0.05) is 12.3 Å². The largest absolute Gasteiger partial charge is 0.462 e. The zero-order valence-corrected chi connectivity index (χ0v) is 11.5. The normalized spacial score (nSPS) is 14.3. The highest BCUT2D eigenvalue weighted by molar-refractivity contribution is 7.99. The van der Waals surface area contributed by atoms with Crippen LogP contribution in [0.5, 0.6) is 0 Å². The molecule has 6 heteroatoms. The lowest BCUT2D eigenvalue weighted by atomic mass is 10.2. The molecule has 0 bridgehead atoms. The first kappa shape index (κ1) is 13.7. The Morgan fingerprint density at radius 1 is 1.42 bits per heavy atom. The minimum absolute atomic E-state index is 0.179. The van der Waals surface area contributed by atoms with Crippen LogP contribution in [0.3, 0.4) is 0 Å². The zero-order valence-electron chi connectivity index (χ0n) is 10.7. The van der Waals surface area contributed by atoms with Crippen LogP contribution in [0.25, 0.3) is 0 Å². The Bertz CT molecular complexity index is 473. The predicted octanol–water partition coefficient (Wildman–Crippen LogP) is 2.40. The minimum atomic E-state index is -0.422. The van der Waals surface area contributed by atoms with Crippen molar-refractivity contribution in [3.8, 4) is 0 Å². The third-order valence-electron chi connectivity index (χ3n) is 2.70. The van der Waals surface area contributed by atoms with E-state index in [1.807, 2.05) is 0 Å². The molecule has 1 N–H and O–H groups in total. The number of hydrogen-bond donors (Lipinski definition) is 1. The number of thioether (sulfide) groups is 1. The highest BCUT2D eigenvalue weighted by Gasteiger charge is 2.20. The fraction of sp³-hybridized carbons (Fsp3) is 0.385. The van der Waals surface area contributed by atoms with Crippen LogP contribution in [0.1, 0.15) is 17.3 Å². The van der Waals surface area contributed by atoms with Crippen molar-refractivity contribution in [2.45, 2.75) is 6.92 Å². The zero-order chi connectivity index (χ0) is 13.7. The van der Waals surface area contributed by atoms with Crippen molar-refractivity contribution in [1.29, 1.82) is 0 Å². The second-order valence-corrected chi connectivity index (χ2v) is 5.07. The molecule has 1 heterocycles. The first-order chi connectivity index (χ1) is 9.22. The number of benzene rings is 1. The monoisotopic (exact) mass is 280 g/mol. The lowest BCUT2D eigenvalue weighted by Crippen LogP contribution is -2.32. The van der Waals surface area contributed by atoms with Crippen molar-refractivity contribution in [3.63, 3.8) is 0 Å². The maximum absolute atomic E-state index is 12.0. The molecular weight excluding hydrogens is 264 g/mol. The molecule has 2 rings (SSSR count). The van der Waals surface area contributed by atoms with Crippen LogP contribution in [-0.4, -0.2) is 41.7 Å². The molecule has 1 saturated heterocycles. The molecule has 0 atom stereocenters. The van der Waals surface area contributed by atoms with E-state index < -0.39 is 5.97 Å². The Labute approximate surface area is 116 Å². The van der Waals surface area contributed by atoms with Gasteiger partial charge in [0.1, 0.15) is 0 Å². The van der Waals surface area contributed by atoms with E-state index in [0.717, 1.165) is 12.3 Å².